The van der Waals surface area contributed by atoms with Crippen LogP contribution in [0.2, 0.25) is 0 Å². The first-order chi connectivity index (χ1) is 9.28. The van der Waals surface area contributed by atoms with Crippen LogP contribution in [0.4, 0.5) is 0 Å². The quantitative estimate of drug-likeness (QED) is 0.471. The Labute approximate surface area is 138 Å². The third-order valence-corrected chi connectivity index (χ3v) is 3.74. The molecule has 0 bridgehead atoms. The van der Waals surface area contributed by atoms with Crippen LogP contribution in [0.3, 0.4) is 0 Å². The highest BCUT2D eigenvalue weighted by molar-refractivity contribution is 14.0. The number of rotatable bonds is 4. The molecule has 4 nitrogen and oxygen atoms in total. The van der Waals surface area contributed by atoms with E-state index in [1.165, 1.54) is 25.7 Å². The van der Waals surface area contributed by atoms with Gasteiger partial charge in [0.05, 0.1) is 6.26 Å². The molecule has 0 aliphatic heterocycles. The molecule has 2 atom stereocenters. The predicted molar refractivity (Wildman–Crippen MR) is 93.7 cm³/mol. The van der Waals surface area contributed by atoms with E-state index in [2.05, 4.69) is 22.5 Å². The Morgan fingerprint density at radius 2 is 2.30 bits per heavy atom. The molecule has 0 radical (unpaired) electrons. The fourth-order valence-electron chi connectivity index (χ4n) is 2.71. The van der Waals surface area contributed by atoms with E-state index < -0.39 is 0 Å². The fourth-order valence-corrected chi connectivity index (χ4v) is 2.71. The van der Waals surface area contributed by atoms with Gasteiger partial charge in [-0.25, -0.2) is 0 Å². The summed E-state index contributed by atoms with van der Waals surface area (Å²) in [4.78, 5) is 4.29. The van der Waals surface area contributed by atoms with Crippen LogP contribution in [0, 0.1) is 5.92 Å². The Kier molecular flexibility index (Phi) is 8.02. The Hall–Kier alpha value is -0.720. The maximum atomic E-state index is 5.31. The van der Waals surface area contributed by atoms with Crippen molar-refractivity contribution in [3.63, 3.8) is 0 Å². The second kappa shape index (κ2) is 9.26. The van der Waals surface area contributed by atoms with Crippen LogP contribution >= 0.6 is 24.0 Å². The van der Waals surface area contributed by atoms with E-state index in [1.807, 2.05) is 19.2 Å². The molecule has 114 valence electrons. The number of hydrogen-bond acceptors (Lipinski definition) is 2. The largest absolute Gasteiger partial charge is 0.469 e. The van der Waals surface area contributed by atoms with Crippen LogP contribution in [0.15, 0.2) is 27.8 Å². The number of nitrogens with zero attached hydrogens (tertiary/aromatic N) is 1. The van der Waals surface area contributed by atoms with Gasteiger partial charge in [-0.3, -0.25) is 4.99 Å². The van der Waals surface area contributed by atoms with E-state index in [4.69, 9.17) is 4.42 Å². The summed E-state index contributed by atoms with van der Waals surface area (Å²) in [5.41, 5.74) is 0. The normalized spacial score (nSPS) is 23.0. The van der Waals surface area contributed by atoms with E-state index >= 15 is 0 Å². The van der Waals surface area contributed by atoms with Crippen LogP contribution in [-0.2, 0) is 6.42 Å². The molecule has 1 aliphatic carbocycles. The minimum atomic E-state index is 0. The zero-order valence-corrected chi connectivity index (χ0v) is 14.7. The van der Waals surface area contributed by atoms with Crippen molar-refractivity contribution in [1.29, 1.82) is 0 Å². The Morgan fingerprint density at radius 3 is 2.95 bits per heavy atom. The molecule has 0 spiro atoms. The van der Waals surface area contributed by atoms with Gasteiger partial charge in [0.1, 0.15) is 5.76 Å². The molecule has 1 aromatic rings. The number of furan rings is 1. The Morgan fingerprint density at radius 1 is 1.45 bits per heavy atom. The number of nitrogens with one attached hydrogen (secondary N) is 2. The maximum absolute atomic E-state index is 5.31. The van der Waals surface area contributed by atoms with E-state index in [-0.39, 0.29) is 24.0 Å². The molecule has 1 fully saturated rings. The summed E-state index contributed by atoms with van der Waals surface area (Å²) in [6.45, 7) is 3.18. The molecule has 0 amide bonds. The summed E-state index contributed by atoms with van der Waals surface area (Å²) < 4.78 is 5.31. The average Bonchev–Trinajstić information content (AvgIpc) is 2.91. The van der Waals surface area contributed by atoms with Crippen LogP contribution in [0.25, 0.3) is 0 Å². The van der Waals surface area contributed by atoms with Crippen molar-refractivity contribution in [1.82, 2.24) is 10.6 Å². The number of guanidine groups is 1. The van der Waals surface area contributed by atoms with Crippen molar-refractivity contribution < 1.29 is 4.42 Å². The number of halogens is 1. The number of aliphatic imine (C=N–C) groups is 1. The predicted octanol–water partition coefficient (Wildman–Crippen LogP) is 3.18. The first-order valence-corrected chi connectivity index (χ1v) is 7.27. The van der Waals surface area contributed by atoms with Crippen LogP contribution < -0.4 is 10.6 Å². The summed E-state index contributed by atoms with van der Waals surface area (Å²) in [6.07, 6.45) is 7.79. The molecular weight excluding hydrogens is 365 g/mol. The zero-order valence-electron chi connectivity index (χ0n) is 12.4. The lowest BCUT2D eigenvalue weighted by atomic mass is 9.87. The van der Waals surface area contributed by atoms with Crippen molar-refractivity contribution in [2.75, 3.05) is 13.6 Å². The topological polar surface area (TPSA) is 49.6 Å². The van der Waals surface area contributed by atoms with Crippen LogP contribution in [0.5, 0.6) is 0 Å². The first-order valence-electron chi connectivity index (χ1n) is 7.27. The molecule has 1 aromatic heterocycles. The summed E-state index contributed by atoms with van der Waals surface area (Å²) in [5, 5.41) is 6.87. The van der Waals surface area contributed by atoms with Gasteiger partial charge in [-0.05, 0) is 30.9 Å². The standard InChI is InChI=1S/C15H25N3O.HI/c1-12-5-3-6-13(11-12)18-15(16-2)17-9-8-14-7-4-10-19-14;/h4,7,10,12-13H,3,5-6,8-9,11H2,1-2H3,(H2,16,17,18);1H. The minimum Gasteiger partial charge on any atom is -0.469 e. The summed E-state index contributed by atoms with van der Waals surface area (Å²) >= 11 is 0. The monoisotopic (exact) mass is 391 g/mol. The molecule has 1 saturated carbocycles. The lowest BCUT2D eigenvalue weighted by Crippen LogP contribution is -2.45. The lowest BCUT2D eigenvalue weighted by molar-refractivity contribution is 0.324. The first kappa shape index (κ1) is 17.3. The van der Waals surface area contributed by atoms with Crippen molar-refractivity contribution in [2.45, 2.75) is 45.1 Å². The van der Waals surface area contributed by atoms with Crippen molar-refractivity contribution >= 4 is 29.9 Å². The molecule has 1 aliphatic rings. The van der Waals surface area contributed by atoms with E-state index in [0.29, 0.717) is 6.04 Å². The van der Waals surface area contributed by atoms with Gasteiger partial charge in [0, 0.05) is 26.1 Å². The molecule has 0 aromatic carbocycles. The highest BCUT2D eigenvalue weighted by Crippen LogP contribution is 2.23. The van der Waals surface area contributed by atoms with Gasteiger partial charge < -0.3 is 15.1 Å². The minimum absolute atomic E-state index is 0. The Balaban J connectivity index is 0.00000200. The second-order valence-corrected chi connectivity index (χ2v) is 5.44. The highest BCUT2D eigenvalue weighted by Gasteiger charge is 2.19. The fraction of sp³-hybridized carbons (Fsp3) is 0.667. The molecule has 20 heavy (non-hydrogen) atoms. The van der Waals surface area contributed by atoms with Crippen LogP contribution in [-0.4, -0.2) is 25.6 Å². The summed E-state index contributed by atoms with van der Waals surface area (Å²) in [7, 11) is 1.83. The zero-order chi connectivity index (χ0) is 13.5. The molecule has 2 N–H and O–H groups in total. The van der Waals surface area contributed by atoms with Gasteiger partial charge in [0.25, 0.3) is 0 Å². The average molecular weight is 391 g/mol. The molecule has 5 heteroatoms. The van der Waals surface area contributed by atoms with Gasteiger partial charge in [-0.1, -0.05) is 19.8 Å². The smallest absolute Gasteiger partial charge is 0.191 e. The van der Waals surface area contributed by atoms with Gasteiger partial charge in [-0.15, -0.1) is 24.0 Å². The van der Waals surface area contributed by atoms with E-state index in [9.17, 15) is 0 Å². The molecule has 0 saturated heterocycles. The molecule has 2 rings (SSSR count). The van der Waals surface area contributed by atoms with Crippen molar-refractivity contribution in [2.24, 2.45) is 10.9 Å². The Bertz CT molecular complexity index is 392. The third kappa shape index (κ3) is 5.73. The van der Waals surface area contributed by atoms with Gasteiger partial charge in [-0.2, -0.15) is 0 Å². The number of hydrogen-bond donors (Lipinski definition) is 2. The second-order valence-electron chi connectivity index (χ2n) is 5.44. The van der Waals surface area contributed by atoms with Crippen LogP contribution in [0.1, 0.15) is 38.4 Å². The SMILES string of the molecule is CN=C(NCCc1ccco1)NC1CCCC(C)C1.I. The van der Waals surface area contributed by atoms with E-state index in [0.717, 1.165) is 30.6 Å². The highest BCUT2D eigenvalue weighted by atomic mass is 127. The van der Waals surface area contributed by atoms with E-state index in [1.54, 1.807) is 6.26 Å². The summed E-state index contributed by atoms with van der Waals surface area (Å²) in [5.74, 6) is 2.74. The van der Waals surface area contributed by atoms with Gasteiger partial charge in [0.15, 0.2) is 5.96 Å². The maximum Gasteiger partial charge on any atom is 0.191 e. The molecular formula is C15H26IN3O. The van der Waals surface area contributed by atoms with Crippen molar-refractivity contribution in [3.8, 4) is 0 Å². The molecule has 1 heterocycles. The summed E-state index contributed by atoms with van der Waals surface area (Å²) in [6, 6.07) is 4.49. The van der Waals surface area contributed by atoms with Gasteiger partial charge in [0.2, 0.25) is 0 Å². The third-order valence-electron chi connectivity index (χ3n) is 3.74. The van der Waals surface area contributed by atoms with Gasteiger partial charge >= 0.3 is 0 Å². The lowest BCUT2D eigenvalue weighted by Gasteiger charge is -2.28. The van der Waals surface area contributed by atoms with Crippen molar-refractivity contribution in [3.05, 3.63) is 24.2 Å². The molecule has 2 unspecified atom stereocenters.